The van der Waals surface area contributed by atoms with E-state index < -0.39 is 17.8 Å². The first-order valence-corrected chi connectivity index (χ1v) is 10.0. The minimum absolute atomic E-state index is 0.238. The van der Waals surface area contributed by atoms with Crippen LogP contribution in [-0.2, 0) is 9.59 Å². The van der Waals surface area contributed by atoms with Crippen molar-refractivity contribution in [1.29, 1.82) is 0 Å². The van der Waals surface area contributed by atoms with Gasteiger partial charge >= 0.3 is 17.8 Å². The summed E-state index contributed by atoms with van der Waals surface area (Å²) >= 11 is 0. The summed E-state index contributed by atoms with van der Waals surface area (Å²) in [6, 6.07) is 18.8. The molecule has 0 saturated carbocycles. The number of ether oxygens (including phenoxy) is 2. The van der Waals surface area contributed by atoms with Crippen LogP contribution in [0, 0.1) is 13.8 Å². The zero-order valence-corrected chi connectivity index (χ0v) is 18.4. The first-order valence-electron chi connectivity index (χ1n) is 10.0. The quantitative estimate of drug-likeness (QED) is 0.198. The van der Waals surface area contributed by atoms with Gasteiger partial charge in [0.2, 0.25) is 0 Å². The van der Waals surface area contributed by atoms with Gasteiger partial charge in [0.1, 0.15) is 0 Å². The Morgan fingerprint density at radius 2 is 1.45 bits per heavy atom. The summed E-state index contributed by atoms with van der Waals surface area (Å²) in [4.78, 5) is 36.2. The SMILES string of the molecule is COc1cc(/C=N/NC(=O)C(=O)Nc2ccc(C)cc2)ccc1OC(=O)c1ccc(C)cc1. The van der Waals surface area contributed by atoms with E-state index in [1.54, 1.807) is 42.5 Å². The van der Waals surface area contributed by atoms with Gasteiger partial charge in [0.25, 0.3) is 0 Å². The fraction of sp³-hybridized carbons (Fsp3) is 0.120. The lowest BCUT2D eigenvalue weighted by Gasteiger charge is -2.10. The first-order chi connectivity index (χ1) is 15.9. The highest BCUT2D eigenvalue weighted by Crippen LogP contribution is 2.28. The van der Waals surface area contributed by atoms with Crippen LogP contribution in [0.1, 0.15) is 27.0 Å². The molecule has 0 atom stereocenters. The second-order valence-electron chi connectivity index (χ2n) is 7.19. The molecule has 0 saturated heterocycles. The number of rotatable bonds is 6. The fourth-order valence-corrected chi connectivity index (χ4v) is 2.74. The number of carbonyl (C=O) groups excluding carboxylic acids is 3. The number of benzene rings is 3. The number of hydrogen-bond donors (Lipinski definition) is 2. The van der Waals surface area contributed by atoms with Gasteiger partial charge in [0, 0.05) is 5.69 Å². The van der Waals surface area contributed by atoms with E-state index in [4.69, 9.17) is 9.47 Å². The minimum Gasteiger partial charge on any atom is -0.493 e. The van der Waals surface area contributed by atoms with Crippen LogP contribution < -0.4 is 20.2 Å². The Balaban J connectivity index is 1.59. The Labute approximate surface area is 191 Å². The van der Waals surface area contributed by atoms with E-state index in [-0.39, 0.29) is 5.75 Å². The van der Waals surface area contributed by atoms with Gasteiger partial charge in [-0.1, -0.05) is 35.4 Å². The van der Waals surface area contributed by atoms with Crippen LogP contribution in [0.5, 0.6) is 11.5 Å². The topological polar surface area (TPSA) is 106 Å². The molecule has 0 radical (unpaired) electrons. The van der Waals surface area contributed by atoms with Gasteiger partial charge in [0.15, 0.2) is 11.5 Å². The van der Waals surface area contributed by atoms with Crippen LogP contribution in [0.2, 0.25) is 0 Å². The standard InChI is InChI=1S/C25H23N3O5/c1-16-4-9-19(10-5-16)25(31)33-21-13-8-18(14-22(21)32-3)15-26-28-24(30)23(29)27-20-11-6-17(2)7-12-20/h4-15H,1-3H3,(H,27,29)(H,28,30)/b26-15+. The lowest BCUT2D eigenvalue weighted by Crippen LogP contribution is -2.32. The summed E-state index contributed by atoms with van der Waals surface area (Å²) < 4.78 is 10.7. The van der Waals surface area contributed by atoms with Gasteiger partial charge < -0.3 is 14.8 Å². The molecule has 0 unspecified atom stereocenters. The average Bonchev–Trinajstić information content (AvgIpc) is 2.81. The van der Waals surface area contributed by atoms with Crippen molar-refractivity contribution in [3.05, 3.63) is 89.0 Å². The highest BCUT2D eigenvalue weighted by molar-refractivity contribution is 6.39. The predicted octanol–water partition coefficient (Wildman–Crippen LogP) is 3.62. The molecular formula is C25H23N3O5. The summed E-state index contributed by atoms with van der Waals surface area (Å²) in [7, 11) is 1.44. The maximum absolute atomic E-state index is 12.3. The molecule has 3 rings (SSSR count). The van der Waals surface area contributed by atoms with Crippen molar-refractivity contribution in [2.75, 3.05) is 12.4 Å². The third kappa shape index (κ3) is 6.51. The van der Waals surface area contributed by atoms with Crippen molar-refractivity contribution in [3.8, 4) is 11.5 Å². The number of esters is 1. The van der Waals surface area contributed by atoms with Crippen LogP contribution in [0.15, 0.2) is 71.8 Å². The van der Waals surface area contributed by atoms with Crippen LogP contribution in [0.25, 0.3) is 0 Å². The Hall–Kier alpha value is -4.46. The summed E-state index contributed by atoms with van der Waals surface area (Å²) in [5, 5.41) is 6.28. The minimum atomic E-state index is -0.914. The fourth-order valence-electron chi connectivity index (χ4n) is 2.74. The van der Waals surface area contributed by atoms with Gasteiger partial charge in [-0.3, -0.25) is 9.59 Å². The Bertz CT molecular complexity index is 1190. The lowest BCUT2D eigenvalue weighted by molar-refractivity contribution is -0.136. The first kappa shape index (κ1) is 23.2. The maximum Gasteiger partial charge on any atom is 0.343 e. The van der Waals surface area contributed by atoms with Gasteiger partial charge in [-0.2, -0.15) is 5.10 Å². The lowest BCUT2D eigenvalue weighted by atomic mass is 10.1. The Morgan fingerprint density at radius 1 is 0.818 bits per heavy atom. The number of hydrazone groups is 1. The third-order valence-corrected chi connectivity index (χ3v) is 4.57. The molecule has 0 aromatic heterocycles. The summed E-state index contributed by atoms with van der Waals surface area (Å²) in [5.41, 5.74) is 5.71. The smallest absolute Gasteiger partial charge is 0.343 e. The van der Waals surface area contributed by atoms with E-state index in [1.807, 2.05) is 38.1 Å². The van der Waals surface area contributed by atoms with Crippen LogP contribution >= 0.6 is 0 Å². The van der Waals surface area contributed by atoms with E-state index in [1.165, 1.54) is 13.3 Å². The van der Waals surface area contributed by atoms with Crippen molar-refractivity contribution < 1.29 is 23.9 Å². The number of methoxy groups -OCH3 is 1. The second kappa shape index (κ2) is 10.7. The van der Waals surface area contributed by atoms with Gasteiger partial charge in [-0.25, -0.2) is 10.2 Å². The van der Waals surface area contributed by atoms with E-state index in [2.05, 4.69) is 15.8 Å². The maximum atomic E-state index is 12.3. The molecule has 0 aliphatic carbocycles. The average molecular weight is 445 g/mol. The van der Waals surface area contributed by atoms with E-state index in [0.29, 0.717) is 22.6 Å². The highest BCUT2D eigenvalue weighted by atomic mass is 16.6. The number of hydrogen-bond acceptors (Lipinski definition) is 6. The Morgan fingerprint density at radius 3 is 2.09 bits per heavy atom. The van der Waals surface area contributed by atoms with E-state index in [9.17, 15) is 14.4 Å². The van der Waals surface area contributed by atoms with Crippen LogP contribution in [0.4, 0.5) is 5.69 Å². The number of nitrogens with one attached hydrogen (secondary N) is 2. The monoisotopic (exact) mass is 445 g/mol. The van der Waals surface area contributed by atoms with Crippen LogP contribution in [0.3, 0.4) is 0 Å². The number of amides is 2. The summed E-state index contributed by atoms with van der Waals surface area (Å²) in [6.45, 7) is 3.85. The second-order valence-corrected chi connectivity index (χ2v) is 7.19. The molecule has 8 heteroatoms. The van der Waals surface area contributed by atoms with Crippen molar-refractivity contribution in [3.63, 3.8) is 0 Å². The molecular weight excluding hydrogens is 422 g/mol. The number of aryl methyl sites for hydroxylation is 2. The predicted molar refractivity (Wildman–Crippen MR) is 125 cm³/mol. The summed E-state index contributed by atoms with van der Waals surface area (Å²) in [6.07, 6.45) is 1.34. The molecule has 0 aliphatic rings. The summed E-state index contributed by atoms with van der Waals surface area (Å²) in [5.74, 6) is -1.72. The largest absolute Gasteiger partial charge is 0.493 e. The normalized spacial score (nSPS) is 10.5. The molecule has 168 valence electrons. The number of anilines is 1. The van der Waals surface area contributed by atoms with E-state index in [0.717, 1.165) is 11.1 Å². The molecule has 0 spiro atoms. The Kier molecular flexibility index (Phi) is 7.54. The molecule has 0 fully saturated rings. The molecule has 3 aromatic carbocycles. The van der Waals surface area contributed by atoms with Crippen molar-refractivity contribution in [1.82, 2.24) is 5.43 Å². The molecule has 0 bridgehead atoms. The highest BCUT2D eigenvalue weighted by Gasteiger charge is 2.14. The number of nitrogens with zero attached hydrogens (tertiary/aromatic N) is 1. The van der Waals surface area contributed by atoms with Gasteiger partial charge in [-0.15, -0.1) is 0 Å². The van der Waals surface area contributed by atoms with Crippen molar-refractivity contribution in [2.45, 2.75) is 13.8 Å². The molecule has 0 aliphatic heterocycles. The molecule has 3 aromatic rings. The molecule has 2 N–H and O–H groups in total. The van der Waals surface area contributed by atoms with Crippen molar-refractivity contribution >= 4 is 29.7 Å². The molecule has 8 nitrogen and oxygen atoms in total. The van der Waals surface area contributed by atoms with Crippen molar-refractivity contribution in [2.24, 2.45) is 5.10 Å². The van der Waals surface area contributed by atoms with Gasteiger partial charge in [-0.05, 0) is 61.9 Å². The van der Waals surface area contributed by atoms with Crippen LogP contribution in [-0.4, -0.2) is 31.1 Å². The van der Waals surface area contributed by atoms with Gasteiger partial charge in [0.05, 0.1) is 18.9 Å². The third-order valence-electron chi connectivity index (χ3n) is 4.57. The van der Waals surface area contributed by atoms with E-state index >= 15 is 0 Å². The zero-order valence-electron chi connectivity index (χ0n) is 18.4. The molecule has 2 amide bonds. The molecule has 33 heavy (non-hydrogen) atoms. The number of carbonyl (C=O) groups is 3. The zero-order chi connectivity index (χ0) is 23.8. The molecule has 0 heterocycles.